The van der Waals surface area contributed by atoms with Crippen molar-refractivity contribution in [2.75, 3.05) is 5.75 Å². The average Bonchev–Trinajstić information content (AvgIpc) is 2.21. The number of fused-ring (bicyclic) bond motifs is 1. The van der Waals surface area contributed by atoms with E-state index in [0.29, 0.717) is 10.0 Å². The number of aromatic carboxylic acids is 1. The molecule has 0 aromatic heterocycles. The predicted octanol–water partition coefficient (Wildman–Crippen LogP) is 4.47. The monoisotopic (exact) mass is 290 g/mol. The minimum Gasteiger partial charge on any atom is -0.478 e. The fourth-order valence-corrected chi connectivity index (χ4v) is 4.49. The van der Waals surface area contributed by atoms with E-state index < -0.39 is 5.97 Å². The molecule has 0 radical (unpaired) electrons. The van der Waals surface area contributed by atoms with Gasteiger partial charge < -0.3 is 5.11 Å². The molecular formula is C12H12Cl2O2S. The van der Waals surface area contributed by atoms with Crippen molar-refractivity contribution in [2.24, 2.45) is 0 Å². The maximum atomic E-state index is 11.1. The Morgan fingerprint density at radius 1 is 1.47 bits per heavy atom. The molecule has 1 aliphatic heterocycles. The summed E-state index contributed by atoms with van der Waals surface area (Å²) in [7, 11) is 0. The Morgan fingerprint density at radius 2 is 2.12 bits per heavy atom. The first-order chi connectivity index (χ1) is 7.84. The Morgan fingerprint density at radius 3 is 2.71 bits per heavy atom. The van der Waals surface area contributed by atoms with E-state index in [4.69, 9.17) is 28.3 Å². The molecule has 1 heterocycles. The van der Waals surface area contributed by atoms with Crippen molar-refractivity contribution in [3.05, 3.63) is 27.2 Å². The number of hydrogen-bond acceptors (Lipinski definition) is 2. The maximum Gasteiger partial charge on any atom is 0.337 e. The van der Waals surface area contributed by atoms with E-state index in [1.54, 1.807) is 11.8 Å². The van der Waals surface area contributed by atoms with E-state index in [1.807, 2.05) is 0 Å². The van der Waals surface area contributed by atoms with Crippen LogP contribution in [0.2, 0.25) is 10.0 Å². The van der Waals surface area contributed by atoms with Gasteiger partial charge in [-0.3, -0.25) is 0 Å². The quantitative estimate of drug-likeness (QED) is 0.829. The first kappa shape index (κ1) is 13.1. The predicted molar refractivity (Wildman–Crippen MR) is 71.8 cm³/mol. The van der Waals surface area contributed by atoms with Crippen LogP contribution in [-0.2, 0) is 5.41 Å². The van der Waals surface area contributed by atoms with Gasteiger partial charge in [-0.1, -0.05) is 37.0 Å². The summed E-state index contributed by atoms with van der Waals surface area (Å²) in [6.07, 6.45) is 0.962. The lowest BCUT2D eigenvalue weighted by Gasteiger charge is -2.33. The van der Waals surface area contributed by atoms with Gasteiger partial charge in [0.1, 0.15) is 0 Å². The Balaban J connectivity index is 2.76. The maximum absolute atomic E-state index is 11.1. The summed E-state index contributed by atoms with van der Waals surface area (Å²) >= 11 is 14.0. The van der Waals surface area contributed by atoms with Crippen LogP contribution < -0.4 is 0 Å². The smallest absolute Gasteiger partial charge is 0.337 e. The summed E-state index contributed by atoms with van der Waals surface area (Å²) in [6.45, 7) is 4.14. The SMILES string of the molecule is CC1(C)CCSc2c(Cl)cc(C(=O)O)c(Cl)c21. The van der Waals surface area contributed by atoms with Gasteiger partial charge in [0.25, 0.3) is 0 Å². The normalized spacial score (nSPS) is 17.6. The Kier molecular flexibility index (Phi) is 3.36. The standard InChI is InChI=1S/C12H12Cl2O2S/c1-12(2)3-4-17-10-7(13)5-6(11(15)16)9(14)8(10)12/h5H,3-4H2,1-2H3,(H,15,16). The first-order valence-electron chi connectivity index (χ1n) is 5.23. The van der Waals surface area contributed by atoms with E-state index in [9.17, 15) is 4.79 Å². The number of thioether (sulfide) groups is 1. The molecule has 1 aliphatic rings. The fourth-order valence-electron chi connectivity index (χ4n) is 2.04. The third kappa shape index (κ3) is 2.16. The molecular weight excluding hydrogens is 279 g/mol. The number of carboxylic acids is 1. The fraction of sp³-hybridized carbons (Fsp3) is 0.417. The zero-order valence-corrected chi connectivity index (χ0v) is 11.8. The molecule has 17 heavy (non-hydrogen) atoms. The molecule has 0 spiro atoms. The number of hydrogen-bond donors (Lipinski definition) is 1. The van der Waals surface area contributed by atoms with Crippen LogP contribution in [0, 0.1) is 0 Å². The molecule has 2 rings (SSSR count). The molecule has 0 atom stereocenters. The highest BCUT2D eigenvalue weighted by Gasteiger charge is 2.33. The highest BCUT2D eigenvalue weighted by atomic mass is 35.5. The average molecular weight is 291 g/mol. The zero-order valence-electron chi connectivity index (χ0n) is 9.51. The van der Waals surface area contributed by atoms with Gasteiger partial charge in [-0.05, 0) is 29.2 Å². The van der Waals surface area contributed by atoms with Gasteiger partial charge in [-0.25, -0.2) is 4.79 Å². The van der Waals surface area contributed by atoms with Crippen molar-refractivity contribution >= 4 is 40.9 Å². The summed E-state index contributed by atoms with van der Waals surface area (Å²) < 4.78 is 0. The highest BCUT2D eigenvalue weighted by Crippen LogP contribution is 2.49. The van der Waals surface area contributed by atoms with Gasteiger partial charge in [0, 0.05) is 4.90 Å². The van der Waals surface area contributed by atoms with Crippen molar-refractivity contribution in [2.45, 2.75) is 30.6 Å². The third-order valence-corrected chi connectivity index (χ3v) is 4.98. The number of halogens is 2. The minimum absolute atomic E-state index is 0.0889. The second-order valence-corrected chi connectivity index (χ2v) is 6.60. The second-order valence-electron chi connectivity index (χ2n) is 4.71. The van der Waals surface area contributed by atoms with E-state index >= 15 is 0 Å². The van der Waals surface area contributed by atoms with E-state index in [1.165, 1.54) is 6.07 Å². The zero-order chi connectivity index (χ0) is 12.8. The highest BCUT2D eigenvalue weighted by molar-refractivity contribution is 7.99. The van der Waals surface area contributed by atoms with Gasteiger partial charge in [-0.2, -0.15) is 0 Å². The summed E-state index contributed by atoms with van der Waals surface area (Å²) in [5.41, 5.74) is 0.832. The van der Waals surface area contributed by atoms with Crippen molar-refractivity contribution in [3.63, 3.8) is 0 Å². The molecule has 2 nitrogen and oxygen atoms in total. The van der Waals surface area contributed by atoms with Gasteiger partial charge in [0.2, 0.25) is 0 Å². The number of benzene rings is 1. The number of carbonyl (C=O) groups is 1. The first-order valence-corrected chi connectivity index (χ1v) is 6.97. The van der Waals surface area contributed by atoms with E-state index in [0.717, 1.165) is 22.6 Å². The van der Waals surface area contributed by atoms with Crippen LogP contribution in [0.25, 0.3) is 0 Å². The van der Waals surface area contributed by atoms with Crippen LogP contribution in [0.4, 0.5) is 0 Å². The Labute approximate surface area is 114 Å². The molecule has 0 unspecified atom stereocenters. The molecule has 0 aliphatic carbocycles. The molecule has 5 heteroatoms. The minimum atomic E-state index is -1.04. The number of carboxylic acid groups (broad SMARTS) is 1. The van der Waals surface area contributed by atoms with Gasteiger partial charge in [-0.15, -0.1) is 11.8 Å². The molecule has 92 valence electrons. The molecule has 0 saturated heterocycles. The third-order valence-electron chi connectivity index (χ3n) is 3.05. The molecule has 1 aromatic rings. The summed E-state index contributed by atoms with van der Waals surface area (Å²) in [4.78, 5) is 12.0. The lowest BCUT2D eigenvalue weighted by molar-refractivity contribution is 0.0697. The van der Waals surface area contributed by atoms with Crippen LogP contribution in [0.5, 0.6) is 0 Å². The van der Waals surface area contributed by atoms with Crippen LogP contribution >= 0.6 is 35.0 Å². The van der Waals surface area contributed by atoms with Crippen molar-refractivity contribution in [1.82, 2.24) is 0 Å². The molecule has 0 fully saturated rings. The van der Waals surface area contributed by atoms with E-state index in [-0.39, 0.29) is 11.0 Å². The molecule has 1 aromatic carbocycles. The largest absolute Gasteiger partial charge is 0.478 e. The van der Waals surface area contributed by atoms with Gasteiger partial charge in [0.05, 0.1) is 15.6 Å². The lowest BCUT2D eigenvalue weighted by Crippen LogP contribution is -2.24. The molecule has 0 saturated carbocycles. The molecule has 0 amide bonds. The van der Waals surface area contributed by atoms with Crippen LogP contribution in [0.15, 0.2) is 11.0 Å². The van der Waals surface area contributed by atoms with Gasteiger partial charge >= 0.3 is 5.97 Å². The van der Waals surface area contributed by atoms with Crippen LogP contribution in [0.3, 0.4) is 0 Å². The van der Waals surface area contributed by atoms with Gasteiger partial charge in [0.15, 0.2) is 0 Å². The Bertz CT molecular complexity index is 498. The summed E-state index contributed by atoms with van der Waals surface area (Å²) in [6, 6.07) is 1.44. The van der Waals surface area contributed by atoms with Crippen molar-refractivity contribution < 1.29 is 9.90 Å². The Hall–Kier alpha value is -0.380. The van der Waals surface area contributed by atoms with E-state index in [2.05, 4.69) is 13.8 Å². The summed E-state index contributed by atoms with van der Waals surface area (Å²) in [5, 5.41) is 9.93. The molecule has 0 bridgehead atoms. The van der Waals surface area contributed by atoms with Crippen LogP contribution in [0.1, 0.15) is 36.2 Å². The topological polar surface area (TPSA) is 37.3 Å². The van der Waals surface area contributed by atoms with Crippen molar-refractivity contribution in [3.8, 4) is 0 Å². The van der Waals surface area contributed by atoms with Crippen LogP contribution in [-0.4, -0.2) is 16.8 Å². The summed E-state index contributed by atoms with van der Waals surface area (Å²) in [5.74, 6) is -0.0614. The second kappa shape index (κ2) is 4.38. The lowest BCUT2D eigenvalue weighted by atomic mass is 9.81. The number of rotatable bonds is 1. The van der Waals surface area contributed by atoms with Crippen molar-refractivity contribution in [1.29, 1.82) is 0 Å². The molecule has 1 N–H and O–H groups in total.